The molecular weight excluding hydrogens is 563 g/mol. The first kappa shape index (κ1) is 33.3. The maximum atomic E-state index is 11.7. The summed E-state index contributed by atoms with van der Waals surface area (Å²) in [5.41, 5.74) is 5.26. The van der Waals surface area contributed by atoms with Gasteiger partial charge < -0.3 is 25.3 Å². The van der Waals surface area contributed by atoms with Crippen molar-refractivity contribution in [2.75, 3.05) is 39.3 Å². The minimum absolute atomic E-state index is 0.0797. The van der Waals surface area contributed by atoms with E-state index in [4.69, 9.17) is 43.1 Å². The smallest absolute Gasteiger partial charge is 0.407 e. The number of hydrogen-bond acceptors (Lipinski definition) is 7. The van der Waals surface area contributed by atoms with E-state index in [1.807, 2.05) is 83.1 Å². The van der Waals surface area contributed by atoms with Gasteiger partial charge >= 0.3 is 6.09 Å². The van der Waals surface area contributed by atoms with Crippen LogP contribution in [0.4, 0.5) is 4.79 Å². The second-order valence-corrected chi connectivity index (χ2v) is 12.9. The summed E-state index contributed by atoms with van der Waals surface area (Å²) in [6, 6.07) is 15.3. The Labute approximate surface area is 255 Å². The summed E-state index contributed by atoms with van der Waals surface area (Å²) in [4.78, 5) is 16.4. The molecule has 2 aromatic rings. The predicted octanol–water partition coefficient (Wildman–Crippen LogP) is 5.85. The van der Waals surface area contributed by atoms with Crippen molar-refractivity contribution in [1.29, 1.82) is 0 Å². The summed E-state index contributed by atoms with van der Waals surface area (Å²) in [5, 5.41) is 4.32. The number of nitrogens with zero attached hydrogens (tertiary/aromatic N) is 2. The van der Waals surface area contributed by atoms with Gasteiger partial charge in [0.2, 0.25) is 0 Å². The van der Waals surface area contributed by atoms with E-state index >= 15 is 0 Å². The van der Waals surface area contributed by atoms with Crippen LogP contribution in [-0.2, 0) is 4.74 Å². The fourth-order valence-electron chi connectivity index (χ4n) is 4.31. The zero-order chi connectivity index (χ0) is 30.0. The van der Waals surface area contributed by atoms with Gasteiger partial charge in [-0.25, -0.2) is 4.79 Å². The summed E-state index contributed by atoms with van der Waals surface area (Å²) in [6.45, 7) is 15.4. The summed E-state index contributed by atoms with van der Waals surface area (Å²) in [6.07, 6.45) is 2.10. The quantitative estimate of drug-likeness (QED) is 0.331. The van der Waals surface area contributed by atoms with Crippen LogP contribution < -0.4 is 20.5 Å². The lowest BCUT2D eigenvalue weighted by atomic mass is 10.1. The standard InChI is InChI=1S/C18H27ClN2O3.C13H19ClN2O/c1-13(20-17(22)24-18(2,3)4)9-10-21-11-16(12-21)23-15-7-5-14(19)6-8-15;1-10(15)6-7-16-8-13(9-16)17-12-4-2-11(14)3-5-12/h5-8,13,16H,9-12H2,1-4H3,(H,20,22);2-5,10,13H,6-9,15H2,1H3/t13-;10-/m11/s1. The third-order valence-electron chi connectivity index (χ3n) is 6.62. The molecule has 41 heavy (non-hydrogen) atoms. The number of amides is 1. The molecule has 2 aromatic carbocycles. The van der Waals surface area contributed by atoms with Crippen molar-refractivity contribution in [3.05, 3.63) is 58.6 Å². The summed E-state index contributed by atoms with van der Waals surface area (Å²) < 4.78 is 16.9. The van der Waals surface area contributed by atoms with E-state index in [-0.39, 0.29) is 24.3 Å². The van der Waals surface area contributed by atoms with Crippen LogP contribution in [0, 0.1) is 0 Å². The Morgan fingerprint density at radius 1 is 0.854 bits per heavy atom. The van der Waals surface area contributed by atoms with E-state index in [0.29, 0.717) is 11.1 Å². The van der Waals surface area contributed by atoms with Gasteiger partial charge in [0.15, 0.2) is 0 Å². The zero-order valence-electron chi connectivity index (χ0n) is 24.9. The van der Waals surface area contributed by atoms with Crippen LogP contribution in [-0.4, -0.2) is 85.1 Å². The fraction of sp³-hybridized carbons (Fsp3) is 0.581. The van der Waals surface area contributed by atoms with Crippen LogP contribution in [0.25, 0.3) is 0 Å². The van der Waals surface area contributed by atoms with Gasteiger partial charge in [-0.3, -0.25) is 9.80 Å². The highest BCUT2D eigenvalue weighted by Crippen LogP contribution is 2.22. The Balaban J connectivity index is 0.000000239. The van der Waals surface area contributed by atoms with Crippen molar-refractivity contribution in [2.45, 2.75) is 77.4 Å². The van der Waals surface area contributed by atoms with Crippen LogP contribution in [0.3, 0.4) is 0 Å². The van der Waals surface area contributed by atoms with E-state index in [0.717, 1.165) is 68.6 Å². The molecule has 2 atom stereocenters. The van der Waals surface area contributed by atoms with E-state index in [9.17, 15) is 4.79 Å². The van der Waals surface area contributed by atoms with Gasteiger partial charge in [-0.2, -0.15) is 0 Å². The van der Waals surface area contributed by atoms with Crippen molar-refractivity contribution in [3.63, 3.8) is 0 Å². The Kier molecular flexibility index (Phi) is 12.9. The Morgan fingerprint density at radius 2 is 1.27 bits per heavy atom. The molecule has 0 radical (unpaired) electrons. The molecule has 0 unspecified atom stereocenters. The fourth-order valence-corrected chi connectivity index (χ4v) is 4.57. The van der Waals surface area contributed by atoms with E-state index < -0.39 is 5.60 Å². The van der Waals surface area contributed by atoms with Crippen molar-refractivity contribution in [3.8, 4) is 11.5 Å². The zero-order valence-corrected chi connectivity index (χ0v) is 26.5. The van der Waals surface area contributed by atoms with E-state index in [1.54, 1.807) is 0 Å². The van der Waals surface area contributed by atoms with Crippen molar-refractivity contribution >= 4 is 29.3 Å². The molecule has 8 nitrogen and oxygen atoms in total. The number of likely N-dealkylation sites (tertiary alicyclic amines) is 2. The van der Waals surface area contributed by atoms with Gasteiger partial charge in [-0.15, -0.1) is 0 Å². The lowest BCUT2D eigenvalue weighted by Gasteiger charge is -2.39. The van der Waals surface area contributed by atoms with Gasteiger partial charge in [0.05, 0.1) is 0 Å². The van der Waals surface area contributed by atoms with Crippen LogP contribution in [0.5, 0.6) is 11.5 Å². The number of hydrogen-bond donors (Lipinski definition) is 2. The molecule has 2 aliphatic rings. The van der Waals surface area contributed by atoms with Gasteiger partial charge in [0.25, 0.3) is 0 Å². The number of halogens is 2. The third kappa shape index (κ3) is 13.1. The van der Waals surface area contributed by atoms with Crippen LogP contribution >= 0.6 is 23.2 Å². The average molecular weight is 610 g/mol. The molecule has 4 rings (SSSR count). The maximum absolute atomic E-state index is 11.7. The van der Waals surface area contributed by atoms with Gasteiger partial charge in [0, 0.05) is 54.9 Å². The minimum atomic E-state index is -0.465. The molecule has 0 aromatic heterocycles. The number of carbonyl (C=O) groups is 1. The molecule has 0 spiro atoms. The summed E-state index contributed by atoms with van der Waals surface area (Å²) >= 11 is 11.7. The molecular formula is C31H46Cl2N4O4. The number of nitrogens with one attached hydrogen (secondary N) is 1. The SMILES string of the molecule is C[C@@H](N)CCN1CC(Oc2ccc(Cl)cc2)C1.C[C@H](CCN1CC(Oc2ccc(Cl)cc2)C1)NC(=O)OC(C)(C)C. The number of rotatable bonds is 11. The van der Waals surface area contributed by atoms with Crippen LogP contribution in [0.1, 0.15) is 47.5 Å². The maximum Gasteiger partial charge on any atom is 0.407 e. The predicted molar refractivity (Wildman–Crippen MR) is 166 cm³/mol. The molecule has 0 aliphatic carbocycles. The topological polar surface area (TPSA) is 89.3 Å². The molecule has 2 saturated heterocycles. The number of ether oxygens (including phenoxy) is 3. The molecule has 0 bridgehead atoms. The van der Waals surface area contributed by atoms with Gasteiger partial charge in [0.1, 0.15) is 29.3 Å². The second-order valence-electron chi connectivity index (χ2n) is 12.0. The molecule has 2 heterocycles. The molecule has 2 aliphatic heterocycles. The molecule has 1 amide bonds. The Morgan fingerprint density at radius 3 is 1.66 bits per heavy atom. The second kappa shape index (κ2) is 15.8. The highest BCUT2D eigenvalue weighted by Gasteiger charge is 2.29. The lowest BCUT2D eigenvalue weighted by Crippen LogP contribution is -2.54. The van der Waals surface area contributed by atoms with Gasteiger partial charge in [-0.1, -0.05) is 23.2 Å². The van der Waals surface area contributed by atoms with E-state index in [2.05, 4.69) is 15.1 Å². The highest BCUT2D eigenvalue weighted by molar-refractivity contribution is 6.30. The monoisotopic (exact) mass is 608 g/mol. The van der Waals surface area contributed by atoms with Crippen LogP contribution in [0.15, 0.2) is 48.5 Å². The van der Waals surface area contributed by atoms with Crippen molar-refractivity contribution < 1.29 is 19.0 Å². The Hall–Kier alpha value is -2.23. The minimum Gasteiger partial charge on any atom is -0.488 e. The molecule has 228 valence electrons. The third-order valence-corrected chi connectivity index (χ3v) is 7.13. The summed E-state index contributed by atoms with van der Waals surface area (Å²) in [5.74, 6) is 1.75. The number of alkyl carbamates (subject to hydrolysis) is 1. The first-order valence-corrected chi connectivity index (χ1v) is 15.1. The van der Waals surface area contributed by atoms with Gasteiger partial charge in [-0.05, 0) is 103 Å². The molecule has 10 heteroatoms. The number of carbonyl (C=O) groups excluding carboxylic acids is 1. The molecule has 0 saturated carbocycles. The van der Waals surface area contributed by atoms with E-state index in [1.165, 1.54) is 0 Å². The average Bonchev–Trinajstić information content (AvgIpc) is 2.83. The van der Waals surface area contributed by atoms with Crippen LogP contribution in [0.2, 0.25) is 10.0 Å². The number of nitrogens with two attached hydrogens (primary N) is 1. The first-order valence-electron chi connectivity index (χ1n) is 14.4. The largest absolute Gasteiger partial charge is 0.488 e. The van der Waals surface area contributed by atoms with Crippen molar-refractivity contribution in [2.24, 2.45) is 5.73 Å². The molecule has 3 N–H and O–H groups in total. The lowest BCUT2D eigenvalue weighted by molar-refractivity contribution is 0.0170. The molecule has 2 fully saturated rings. The summed E-state index contributed by atoms with van der Waals surface area (Å²) in [7, 11) is 0. The number of benzene rings is 2. The normalized spacial score (nSPS) is 17.8. The van der Waals surface area contributed by atoms with Crippen molar-refractivity contribution in [1.82, 2.24) is 15.1 Å². The first-order chi connectivity index (χ1) is 19.3. The Bertz CT molecular complexity index is 1050. The highest BCUT2D eigenvalue weighted by atomic mass is 35.5.